The highest BCUT2D eigenvalue weighted by molar-refractivity contribution is 4.98. The van der Waals surface area contributed by atoms with Crippen molar-refractivity contribution in [3.05, 3.63) is 18.2 Å². The van der Waals surface area contributed by atoms with Crippen LogP contribution in [0.25, 0.3) is 0 Å². The van der Waals surface area contributed by atoms with Crippen molar-refractivity contribution < 1.29 is 0 Å². The second-order valence-electron chi connectivity index (χ2n) is 5.42. The average molecular weight is 251 g/mol. The molecule has 1 fully saturated rings. The summed E-state index contributed by atoms with van der Waals surface area (Å²) in [5.74, 6) is 0. The van der Waals surface area contributed by atoms with E-state index in [-0.39, 0.29) is 0 Å². The zero-order valence-corrected chi connectivity index (χ0v) is 11.5. The van der Waals surface area contributed by atoms with Crippen LogP contribution in [0.2, 0.25) is 0 Å². The number of nitrogens with two attached hydrogens (primary N) is 1. The molecular formula is C13H25N5. The van der Waals surface area contributed by atoms with Crippen LogP contribution < -0.4 is 5.73 Å². The fraction of sp³-hybridized carbons (Fsp3) is 0.769. The van der Waals surface area contributed by atoms with Crippen LogP contribution in [0.5, 0.6) is 0 Å². The number of likely N-dealkylation sites (N-methyl/N-ethyl adjacent to an activating group) is 1. The molecule has 0 bridgehead atoms. The molecule has 1 aliphatic rings. The molecule has 1 unspecified atom stereocenters. The molecule has 5 heteroatoms. The van der Waals surface area contributed by atoms with E-state index in [1.165, 1.54) is 19.4 Å². The smallest absolute Gasteiger partial charge is 0.0950 e. The van der Waals surface area contributed by atoms with Gasteiger partial charge in [0.15, 0.2) is 0 Å². The van der Waals surface area contributed by atoms with Gasteiger partial charge in [-0.15, -0.1) is 0 Å². The van der Waals surface area contributed by atoms with Crippen molar-refractivity contribution in [1.82, 2.24) is 19.4 Å². The second-order valence-corrected chi connectivity index (χ2v) is 5.42. The number of hydrogen-bond acceptors (Lipinski definition) is 4. The van der Waals surface area contributed by atoms with Crippen LogP contribution in [0, 0.1) is 0 Å². The molecule has 2 heterocycles. The molecule has 0 aromatic carbocycles. The molecule has 18 heavy (non-hydrogen) atoms. The number of nitrogens with zero attached hydrogens (tertiary/aromatic N) is 4. The van der Waals surface area contributed by atoms with Gasteiger partial charge in [-0.1, -0.05) is 0 Å². The van der Waals surface area contributed by atoms with Gasteiger partial charge in [0.05, 0.1) is 12.0 Å². The first-order valence-electron chi connectivity index (χ1n) is 6.78. The van der Waals surface area contributed by atoms with E-state index in [0.29, 0.717) is 12.6 Å². The maximum Gasteiger partial charge on any atom is 0.0950 e. The SMILES string of the molecule is CN(C)CC1CCCN1Cc1cn(CCN)cn1. The zero-order chi connectivity index (χ0) is 13.0. The quantitative estimate of drug-likeness (QED) is 0.793. The lowest BCUT2D eigenvalue weighted by Gasteiger charge is -2.26. The van der Waals surface area contributed by atoms with Crippen LogP contribution in [-0.2, 0) is 13.1 Å². The minimum Gasteiger partial charge on any atom is -0.336 e. The van der Waals surface area contributed by atoms with Crippen molar-refractivity contribution in [2.45, 2.75) is 32.0 Å². The highest BCUT2D eigenvalue weighted by Crippen LogP contribution is 2.19. The molecule has 0 spiro atoms. The second kappa shape index (κ2) is 6.31. The molecule has 0 aliphatic carbocycles. The molecular weight excluding hydrogens is 226 g/mol. The first kappa shape index (κ1) is 13.5. The van der Waals surface area contributed by atoms with Gasteiger partial charge in [0.25, 0.3) is 0 Å². The number of likely N-dealkylation sites (tertiary alicyclic amines) is 1. The van der Waals surface area contributed by atoms with Crippen molar-refractivity contribution in [3.63, 3.8) is 0 Å². The van der Waals surface area contributed by atoms with Gasteiger partial charge in [0.1, 0.15) is 0 Å². The van der Waals surface area contributed by atoms with E-state index in [2.05, 4.69) is 39.6 Å². The third-order valence-corrected chi connectivity index (χ3v) is 3.51. The topological polar surface area (TPSA) is 50.3 Å². The molecule has 1 aromatic rings. The maximum absolute atomic E-state index is 5.55. The summed E-state index contributed by atoms with van der Waals surface area (Å²) in [7, 11) is 4.29. The number of rotatable bonds is 6. The van der Waals surface area contributed by atoms with Crippen molar-refractivity contribution in [1.29, 1.82) is 0 Å². The highest BCUT2D eigenvalue weighted by Gasteiger charge is 2.25. The Kier molecular flexibility index (Phi) is 4.74. The molecule has 5 nitrogen and oxygen atoms in total. The molecule has 0 amide bonds. The Labute approximate surface area is 110 Å². The number of imidazole rings is 1. The van der Waals surface area contributed by atoms with Gasteiger partial charge in [0.2, 0.25) is 0 Å². The molecule has 2 rings (SSSR count). The zero-order valence-electron chi connectivity index (χ0n) is 11.5. The molecule has 1 aliphatic heterocycles. The first-order valence-corrected chi connectivity index (χ1v) is 6.78. The molecule has 1 atom stereocenters. The maximum atomic E-state index is 5.55. The normalized spacial score (nSPS) is 21.0. The van der Waals surface area contributed by atoms with Gasteiger partial charge in [-0.05, 0) is 33.5 Å². The summed E-state index contributed by atoms with van der Waals surface area (Å²) in [4.78, 5) is 9.29. The van der Waals surface area contributed by atoms with Crippen molar-refractivity contribution in [2.75, 3.05) is 33.7 Å². The van der Waals surface area contributed by atoms with E-state index in [9.17, 15) is 0 Å². The van der Waals surface area contributed by atoms with Gasteiger partial charge in [-0.25, -0.2) is 4.98 Å². The lowest BCUT2D eigenvalue weighted by molar-refractivity contribution is 0.199. The van der Waals surface area contributed by atoms with Crippen molar-refractivity contribution in [2.24, 2.45) is 5.73 Å². The fourth-order valence-corrected chi connectivity index (χ4v) is 2.70. The Balaban J connectivity index is 1.90. The third-order valence-electron chi connectivity index (χ3n) is 3.51. The van der Waals surface area contributed by atoms with Gasteiger partial charge in [-0.2, -0.15) is 0 Å². The largest absolute Gasteiger partial charge is 0.336 e. The van der Waals surface area contributed by atoms with E-state index in [4.69, 9.17) is 5.73 Å². The molecule has 1 saturated heterocycles. The minimum absolute atomic E-state index is 0.669. The average Bonchev–Trinajstić information content (AvgIpc) is 2.90. The van der Waals surface area contributed by atoms with Crippen molar-refractivity contribution >= 4 is 0 Å². The van der Waals surface area contributed by atoms with Gasteiger partial charge >= 0.3 is 0 Å². The Bertz CT molecular complexity index is 360. The van der Waals surface area contributed by atoms with Crippen LogP contribution >= 0.6 is 0 Å². The van der Waals surface area contributed by atoms with E-state index in [1.807, 2.05) is 6.33 Å². The summed E-state index contributed by atoms with van der Waals surface area (Å²) < 4.78 is 2.08. The summed E-state index contributed by atoms with van der Waals surface area (Å²) in [6, 6.07) is 0.680. The summed E-state index contributed by atoms with van der Waals surface area (Å²) in [5, 5.41) is 0. The minimum atomic E-state index is 0.669. The summed E-state index contributed by atoms with van der Waals surface area (Å²) in [6.45, 7) is 4.83. The van der Waals surface area contributed by atoms with Crippen LogP contribution in [-0.4, -0.2) is 59.1 Å². The lowest BCUT2D eigenvalue weighted by atomic mass is 10.2. The molecule has 1 aromatic heterocycles. The molecule has 0 radical (unpaired) electrons. The van der Waals surface area contributed by atoms with E-state index in [0.717, 1.165) is 25.3 Å². The standard InChI is InChI=1S/C13H25N5/c1-16(2)10-13-4-3-6-18(13)9-12-8-17(7-5-14)11-15-12/h8,11,13H,3-7,9-10,14H2,1-2H3. The lowest BCUT2D eigenvalue weighted by Crippen LogP contribution is -2.37. The third kappa shape index (κ3) is 3.54. The van der Waals surface area contributed by atoms with E-state index >= 15 is 0 Å². The van der Waals surface area contributed by atoms with Crippen LogP contribution in [0.15, 0.2) is 12.5 Å². The first-order chi connectivity index (χ1) is 8.69. The van der Waals surface area contributed by atoms with Gasteiger partial charge in [-0.3, -0.25) is 4.90 Å². The summed E-state index contributed by atoms with van der Waals surface area (Å²) in [5.41, 5.74) is 6.71. The highest BCUT2D eigenvalue weighted by atomic mass is 15.2. The number of hydrogen-bond donors (Lipinski definition) is 1. The predicted molar refractivity (Wildman–Crippen MR) is 73.3 cm³/mol. The van der Waals surface area contributed by atoms with Crippen LogP contribution in [0.4, 0.5) is 0 Å². The Morgan fingerprint density at radius 1 is 1.50 bits per heavy atom. The van der Waals surface area contributed by atoms with E-state index < -0.39 is 0 Å². The van der Waals surface area contributed by atoms with Gasteiger partial charge in [0, 0.05) is 38.4 Å². The Morgan fingerprint density at radius 3 is 3.06 bits per heavy atom. The molecule has 0 saturated carbocycles. The Morgan fingerprint density at radius 2 is 2.33 bits per heavy atom. The molecule has 2 N–H and O–H groups in total. The van der Waals surface area contributed by atoms with Crippen LogP contribution in [0.3, 0.4) is 0 Å². The van der Waals surface area contributed by atoms with E-state index in [1.54, 1.807) is 0 Å². The fourth-order valence-electron chi connectivity index (χ4n) is 2.70. The number of aromatic nitrogens is 2. The predicted octanol–water partition coefficient (Wildman–Crippen LogP) is 0.368. The van der Waals surface area contributed by atoms with Gasteiger partial charge < -0.3 is 15.2 Å². The molecule has 102 valence electrons. The monoisotopic (exact) mass is 251 g/mol. The van der Waals surface area contributed by atoms with Crippen molar-refractivity contribution in [3.8, 4) is 0 Å². The summed E-state index contributed by atoms with van der Waals surface area (Å²) >= 11 is 0. The Hall–Kier alpha value is -0.910. The summed E-state index contributed by atoms with van der Waals surface area (Å²) in [6.07, 6.45) is 6.63. The van der Waals surface area contributed by atoms with Crippen LogP contribution in [0.1, 0.15) is 18.5 Å².